The Labute approximate surface area is 143 Å². The van der Waals surface area contributed by atoms with Crippen LogP contribution in [0.2, 0.25) is 0 Å². The van der Waals surface area contributed by atoms with Gasteiger partial charge >= 0.3 is 0 Å². The highest BCUT2D eigenvalue weighted by Gasteiger charge is 2.18. The average molecular weight is 345 g/mol. The zero-order valence-corrected chi connectivity index (χ0v) is 13.9. The van der Waals surface area contributed by atoms with Gasteiger partial charge in [0.2, 0.25) is 5.91 Å². The highest BCUT2D eigenvalue weighted by Crippen LogP contribution is 2.31. The van der Waals surface area contributed by atoms with Crippen molar-refractivity contribution in [1.82, 2.24) is 20.6 Å². The lowest BCUT2D eigenvalue weighted by atomic mass is 9.97. The summed E-state index contributed by atoms with van der Waals surface area (Å²) in [6.07, 6.45) is 7.07. The summed E-state index contributed by atoms with van der Waals surface area (Å²) in [7, 11) is 0. The predicted molar refractivity (Wildman–Crippen MR) is 92.2 cm³/mol. The Morgan fingerprint density at radius 1 is 1.29 bits per heavy atom. The monoisotopic (exact) mass is 345 g/mol. The van der Waals surface area contributed by atoms with Gasteiger partial charge < -0.3 is 16.0 Å². The van der Waals surface area contributed by atoms with Crippen LogP contribution in [0, 0.1) is 0 Å². The van der Waals surface area contributed by atoms with Crippen LogP contribution in [0.4, 0.5) is 5.13 Å². The molecule has 0 aliphatic carbocycles. The molecule has 0 atom stereocenters. The van der Waals surface area contributed by atoms with Gasteiger partial charge in [0.15, 0.2) is 5.13 Å². The molecule has 2 amide bonds. The van der Waals surface area contributed by atoms with Gasteiger partial charge in [-0.3, -0.25) is 14.6 Å². The molecule has 1 aliphatic heterocycles. The van der Waals surface area contributed by atoms with Gasteiger partial charge in [0.1, 0.15) is 0 Å². The van der Waals surface area contributed by atoms with Crippen molar-refractivity contribution in [3.63, 3.8) is 0 Å². The average Bonchev–Trinajstić information content (AvgIpc) is 3.09. The lowest BCUT2D eigenvalue weighted by Crippen LogP contribution is -2.32. The summed E-state index contributed by atoms with van der Waals surface area (Å²) in [5.41, 5.74) is 0.424. The van der Waals surface area contributed by atoms with E-state index in [4.69, 9.17) is 0 Å². The number of amides is 2. The molecule has 1 saturated heterocycles. The van der Waals surface area contributed by atoms with Gasteiger partial charge in [0.05, 0.1) is 12.1 Å². The number of rotatable bonds is 5. The van der Waals surface area contributed by atoms with Gasteiger partial charge in [-0.2, -0.15) is 0 Å². The van der Waals surface area contributed by atoms with Crippen LogP contribution in [-0.2, 0) is 4.79 Å². The van der Waals surface area contributed by atoms with Crippen LogP contribution in [0.15, 0.2) is 30.7 Å². The standard InChI is InChI=1S/C16H19N5O2S/c22-14(10-19-15(23)12-2-1-5-18-8-12)21-16-20-9-13(24-16)11-3-6-17-7-4-11/h1-2,5,8-9,11,17H,3-4,6-7,10H2,(H,19,23)(H,20,21,22). The van der Waals surface area contributed by atoms with Crippen molar-refractivity contribution < 1.29 is 9.59 Å². The van der Waals surface area contributed by atoms with E-state index in [1.807, 2.05) is 6.20 Å². The molecule has 0 unspecified atom stereocenters. The molecule has 2 aromatic heterocycles. The van der Waals surface area contributed by atoms with E-state index in [-0.39, 0.29) is 18.4 Å². The maximum atomic E-state index is 11.9. The number of pyridine rings is 1. The number of hydrogen-bond donors (Lipinski definition) is 3. The zero-order valence-electron chi connectivity index (χ0n) is 13.1. The number of thiazole rings is 1. The van der Waals surface area contributed by atoms with Crippen LogP contribution in [0.5, 0.6) is 0 Å². The summed E-state index contributed by atoms with van der Waals surface area (Å²) >= 11 is 1.50. The fraction of sp³-hybridized carbons (Fsp3) is 0.375. The molecule has 3 rings (SSSR count). The fourth-order valence-electron chi connectivity index (χ4n) is 2.56. The van der Waals surface area contributed by atoms with Crippen molar-refractivity contribution in [2.45, 2.75) is 18.8 Å². The molecule has 1 aliphatic rings. The molecule has 0 saturated carbocycles. The minimum absolute atomic E-state index is 0.101. The molecule has 24 heavy (non-hydrogen) atoms. The number of nitrogens with zero attached hydrogens (tertiary/aromatic N) is 2. The highest BCUT2D eigenvalue weighted by molar-refractivity contribution is 7.15. The number of piperidine rings is 1. The SMILES string of the molecule is O=C(CNC(=O)c1cccnc1)Nc1ncc(C2CCNCC2)s1. The van der Waals surface area contributed by atoms with E-state index in [1.165, 1.54) is 22.4 Å². The first-order valence-corrected chi connectivity index (χ1v) is 8.68. The number of nitrogens with one attached hydrogen (secondary N) is 3. The number of carbonyl (C=O) groups is 2. The summed E-state index contributed by atoms with van der Waals surface area (Å²) in [6.45, 7) is 1.94. The van der Waals surface area contributed by atoms with E-state index in [0.29, 0.717) is 16.6 Å². The third-order valence-corrected chi connectivity index (χ3v) is 4.92. The summed E-state index contributed by atoms with van der Waals surface area (Å²) in [6, 6.07) is 3.32. The van der Waals surface area contributed by atoms with E-state index in [1.54, 1.807) is 18.3 Å². The lowest BCUT2D eigenvalue weighted by Gasteiger charge is -2.20. The lowest BCUT2D eigenvalue weighted by molar-refractivity contribution is -0.115. The number of anilines is 1. The van der Waals surface area contributed by atoms with Crippen molar-refractivity contribution in [1.29, 1.82) is 0 Å². The molecule has 0 radical (unpaired) electrons. The second-order valence-corrected chi connectivity index (χ2v) is 6.63. The zero-order chi connectivity index (χ0) is 16.8. The molecule has 0 aromatic carbocycles. The van der Waals surface area contributed by atoms with Gasteiger partial charge in [-0.05, 0) is 44.0 Å². The van der Waals surface area contributed by atoms with Gasteiger partial charge in [-0.25, -0.2) is 4.98 Å². The first-order valence-electron chi connectivity index (χ1n) is 7.87. The van der Waals surface area contributed by atoms with E-state index in [2.05, 4.69) is 25.9 Å². The molecule has 126 valence electrons. The Morgan fingerprint density at radius 3 is 2.88 bits per heavy atom. The van der Waals surface area contributed by atoms with Gasteiger partial charge in [0, 0.05) is 23.5 Å². The van der Waals surface area contributed by atoms with Gasteiger partial charge in [0.25, 0.3) is 5.91 Å². The first-order chi connectivity index (χ1) is 11.7. The Hall–Kier alpha value is -2.32. The Balaban J connectivity index is 1.48. The van der Waals surface area contributed by atoms with E-state index in [0.717, 1.165) is 25.9 Å². The van der Waals surface area contributed by atoms with E-state index >= 15 is 0 Å². The predicted octanol–water partition coefficient (Wildman–Crippen LogP) is 1.37. The second kappa shape index (κ2) is 7.98. The van der Waals surface area contributed by atoms with Crippen molar-refractivity contribution in [3.05, 3.63) is 41.2 Å². The minimum Gasteiger partial charge on any atom is -0.343 e. The summed E-state index contributed by atoms with van der Waals surface area (Å²) < 4.78 is 0. The normalized spacial score (nSPS) is 15.0. The molecule has 8 heteroatoms. The third-order valence-electron chi connectivity index (χ3n) is 3.84. The van der Waals surface area contributed by atoms with Crippen LogP contribution < -0.4 is 16.0 Å². The van der Waals surface area contributed by atoms with Gasteiger partial charge in [-0.1, -0.05) is 0 Å². The summed E-state index contributed by atoms with van der Waals surface area (Å²) in [5.74, 6) is -0.106. The topological polar surface area (TPSA) is 96.0 Å². The smallest absolute Gasteiger partial charge is 0.253 e. The Bertz CT molecular complexity index is 698. The quantitative estimate of drug-likeness (QED) is 0.761. The Morgan fingerprint density at radius 2 is 2.12 bits per heavy atom. The second-order valence-electron chi connectivity index (χ2n) is 5.56. The van der Waals surface area contributed by atoms with Crippen LogP contribution in [0.25, 0.3) is 0 Å². The maximum absolute atomic E-state index is 11.9. The van der Waals surface area contributed by atoms with E-state index in [9.17, 15) is 9.59 Å². The largest absolute Gasteiger partial charge is 0.343 e. The molecular weight excluding hydrogens is 326 g/mol. The van der Waals surface area contributed by atoms with Crippen molar-refractivity contribution in [3.8, 4) is 0 Å². The molecule has 1 fully saturated rings. The van der Waals surface area contributed by atoms with Crippen LogP contribution in [0.1, 0.15) is 34.0 Å². The minimum atomic E-state index is -0.326. The highest BCUT2D eigenvalue weighted by atomic mass is 32.1. The molecule has 0 bridgehead atoms. The molecule has 3 N–H and O–H groups in total. The number of carbonyl (C=O) groups excluding carboxylic acids is 2. The van der Waals surface area contributed by atoms with Crippen LogP contribution in [0.3, 0.4) is 0 Å². The van der Waals surface area contributed by atoms with Gasteiger partial charge in [-0.15, -0.1) is 11.3 Å². The number of aromatic nitrogens is 2. The molecule has 2 aromatic rings. The summed E-state index contributed by atoms with van der Waals surface area (Å²) in [4.78, 5) is 33.1. The molecular formula is C16H19N5O2S. The maximum Gasteiger partial charge on any atom is 0.253 e. The summed E-state index contributed by atoms with van der Waals surface area (Å²) in [5, 5.41) is 9.20. The Kier molecular flexibility index (Phi) is 5.50. The van der Waals surface area contributed by atoms with E-state index < -0.39 is 0 Å². The first kappa shape index (κ1) is 16.5. The van der Waals surface area contributed by atoms with Crippen LogP contribution in [-0.4, -0.2) is 41.4 Å². The van der Waals surface area contributed by atoms with Crippen molar-refractivity contribution in [2.75, 3.05) is 25.0 Å². The van der Waals surface area contributed by atoms with Crippen molar-refractivity contribution >= 4 is 28.3 Å². The number of hydrogen-bond acceptors (Lipinski definition) is 6. The third kappa shape index (κ3) is 4.36. The molecule has 0 spiro atoms. The molecule has 3 heterocycles. The van der Waals surface area contributed by atoms with Crippen LogP contribution >= 0.6 is 11.3 Å². The van der Waals surface area contributed by atoms with Crippen molar-refractivity contribution in [2.24, 2.45) is 0 Å². The fourth-order valence-corrected chi connectivity index (χ4v) is 3.56. The molecule has 7 nitrogen and oxygen atoms in total.